The molecule has 6 heteroatoms. The van der Waals surface area contributed by atoms with E-state index in [1.165, 1.54) is 6.07 Å². The van der Waals surface area contributed by atoms with Crippen molar-refractivity contribution in [2.45, 2.75) is 51.3 Å². The molecular formula is C26H29FN4O. The Morgan fingerprint density at radius 2 is 1.81 bits per heavy atom. The lowest BCUT2D eigenvalue weighted by Crippen LogP contribution is -2.48. The first kappa shape index (κ1) is 22.2. The Hall–Kier alpha value is -3.04. The van der Waals surface area contributed by atoms with Crippen molar-refractivity contribution in [1.82, 2.24) is 5.32 Å². The molecule has 1 unspecified atom stereocenters. The fourth-order valence-corrected chi connectivity index (χ4v) is 5.09. The summed E-state index contributed by atoms with van der Waals surface area (Å²) in [5.41, 5.74) is 4.32. The van der Waals surface area contributed by atoms with E-state index in [4.69, 9.17) is 9.73 Å². The van der Waals surface area contributed by atoms with Gasteiger partial charge in [-0.15, -0.1) is 0 Å². The highest BCUT2D eigenvalue weighted by Crippen LogP contribution is 2.45. The molecule has 5 nitrogen and oxygen atoms in total. The van der Waals surface area contributed by atoms with Crippen LogP contribution in [0.1, 0.15) is 49.3 Å². The third-order valence-corrected chi connectivity index (χ3v) is 6.89. The molecule has 1 aliphatic heterocycles. The van der Waals surface area contributed by atoms with Crippen molar-refractivity contribution in [2.24, 2.45) is 15.9 Å². The molecule has 1 atom stereocenters. The fraction of sp³-hybridized carbons (Fsp3) is 0.423. The van der Waals surface area contributed by atoms with Crippen LogP contribution in [-0.2, 0) is 10.4 Å². The first-order valence-electron chi connectivity index (χ1n) is 11.1. The van der Waals surface area contributed by atoms with E-state index in [0.717, 1.165) is 59.5 Å². The highest BCUT2D eigenvalue weighted by molar-refractivity contribution is 6.42. The van der Waals surface area contributed by atoms with Gasteiger partial charge >= 0.3 is 0 Å². The maximum absolute atomic E-state index is 13.9. The summed E-state index contributed by atoms with van der Waals surface area (Å²) in [6, 6.07) is 12.8. The van der Waals surface area contributed by atoms with Crippen molar-refractivity contribution in [1.29, 1.82) is 5.26 Å². The molecule has 0 saturated heterocycles. The predicted octanol–water partition coefficient (Wildman–Crippen LogP) is 5.12. The van der Waals surface area contributed by atoms with Crippen molar-refractivity contribution < 1.29 is 9.13 Å². The summed E-state index contributed by atoms with van der Waals surface area (Å²) >= 11 is 0. The van der Waals surface area contributed by atoms with E-state index in [9.17, 15) is 9.65 Å². The van der Waals surface area contributed by atoms with Crippen LogP contribution in [0.15, 0.2) is 46.4 Å². The average molecular weight is 433 g/mol. The van der Waals surface area contributed by atoms with E-state index >= 15 is 0 Å². The van der Waals surface area contributed by atoms with Crippen LogP contribution in [0, 0.1) is 30.0 Å². The number of nitrogens with zero attached hydrogens (tertiary/aromatic N) is 3. The van der Waals surface area contributed by atoms with Crippen molar-refractivity contribution in [2.75, 3.05) is 14.2 Å². The van der Waals surface area contributed by atoms with Gasteiger partial charge in [-0.05, 0) is 74.4 Å². The van der Waals surface area contributed by atoms with Gasteiger partial charge in [0.25, 0.3) is 0 Å². The molecule has 166 valence electrons. The minimum atomic E-state index is -0.601. The first-order chi connectivity index (χ1) is 15.4. The molecule has 1 N–H and O–H groups in total. The van der Waals surface area contributed by atoms with Gasteiger partial charge in [0.2, 0.25) is 0 Å². The summed E-state index contributed by atoms with van der Waals surface area (Å²) < 4.78 is 19.5. The van der Waals surface area contributed by atoms with Gasteiger partial charge in [-0.1, -0.05) is 18.2 Å². The lowest BCUT2D eigenvalue weighted by molar-refractivity contribution is 0.0395. The van der Waals surface area contributed by atoms with Gasteiger partial charge in [0.15, 0.2) is 5.66 Å². The minimum Gasteiger partial charge on any atom is -0.381 e. The second kappa shape index (κ2) is 8.84. The summed E-state index contributed by atoms with van der Waals surface area (Å²) in [5, 5.41) is 12.9. The summed E-state index contributed by atoms with van der Waals surface area (Å²) in [7, 11) is 3.56. The van der Waals surface area contributed by atoms with Crippen LogP contribution in [0.2, 0.25) is 0 Å². The smallest absolute Gasteiger partial charge is 0.160 e. The quantitative estimate of drug-likeness (QED) is 0.729. The number of rotatable bonds is 4. The van der Waals surface area contributed by atoms with Crippen LogP contribution in [0.4, 0.5) is 4.39 Å². The maximum Gasteiger partial charge on any atom is 0.160 e. The van der Waals surface area contributed by atoms with Crippen LogP contribution in [0.5, 0.6) is 0 Å². The third-order valence-electron chi connectivity index (χ3n) is 6.89. The number of amidine groups is 1. The summed E-state index contributed by atoms with van der Waals surface area (Å²) in [4.78, 5) is 9.61. The fourth-order valence-electron chi connectivity index (χ4n) is 5.09. The summed E-state index contributed by atoms with van der Waals surface area (Å²) in [5.74, 6) is 0.605. The first-order valence-corrected chi connectivity index (χ1v) is 11.1. The Balaban J connectivity index is 1.82. The molecule has 1 saturated carbocycles. The minimum absolute atomic E-state index is 0.0467. The van der Waals surface area contributed by atoms with Crippen molar-refractivity contribution in [3.05, 3.63) is 58.9 Å². The largest absolute Gasteiger partial charge is 0.381 e. The molecule has 2 aromatic carbocycles. The van der Waals surface area contributed by atoms with Gasteiger partial charge in [0, 0.05) is 25.6 Å². The third kappa shape index (κ3) is 3.82. The molecule has 0 radical (unpaired) electrons. The van der Waals surface area contributed by atoms with E-state index in [2.05, 4.69) is 29.4 Å². The van der Waals surface area contributed by atoms with E-state index in [0.29, 0.717) is 12.0 Å². The number of halogens is 1. The Bertz CT molecular complexity index is 1130. The molecule has 32 heavy (non-hydrogen) atoms. The van der Waals surface area contributed by atoms with Crippen LogP contribution < -0.4 is 5.32 Å². The molecule has 0 bridgehead atoms. The van der Waals surface area contributed by atoms with Crippen molar-refractivity contribution >= 4 is 11.5 Å². The number of nitrogens with one attached hydrogen (secondary N) is 1. The zero-order valence-electron chi connectivity index (χ0n) is 19.1. The molecule has 2 aromatic rings. The van der Waals surface area contributed by atoms with Crippen molar-refractivity contribution in [3.63, 3.8) is 0 Å². The molecule has 1 aliphatic carbocycles. The number of nitriles is 1. The Morgan fingerprint density at radius 1 is 1.12 bits per heavy atom. The second-order valence-corrected chi connectivity index (χ2v) is 8.71. The number of hydrogen-bond acceptors (Lipinski definition) is 4. The molecule has 4 rings (SSSR count). The average Bonchev–Trinajstić information content (AvgIpc) is 3.17. The Labute approximate surface area is 189 Å². The van der Waals surface area contributed by atoms with Crippen LogP contribution in [-0.4, -0.2) is 31.8 Å². The number of methoxy groups -OCH3 is 1. The SMILES string of the molecule is CN=C1NC(c2cc(-c3ccc(F)c(C#N)c3)ccc2C)(C2CCC(OC)CC2)N=C1C. The monoisotopic (exact) mass is 432 g/mol. The highest BCUT2D eigenvalue weighted by atomic mass is 19.1. The normalized spacial score (nSPS) is 26.5. The van der Waals surface area contributed by atoms with Gasteiger partial charge in [-0.25, -0.2) is 4.39 Å². The van der Waals surface area contributed by atoms with Gasteiger partial charge in [-0.3, -0.25) is 9.98 Å². The van der Waals surface area contributed by atoms with Gasteiger partial charge in [-0.2, -0.15) is 5.26 Å². The zero-order chi connectivity index (χ0) is 22.9. The van der Waals surface area contributed by atoms with E-state index in [-0.39, 0.29) is 5.56 Å². The molecule has 0 amide bonds. The molecular weight excluding hydrogens is 403 g/mol. The topological polar surface area (TPSA) is 69.8 Å². The highest BCUT2D eigenvalue weighted by Gasteiger charge is 2.47. The number of benzene rings is 2. The van der Waals surface area contributed by atoms with Gasteiger partial charge in [0.1, 0.15) is 17.7 Å². The Morgan fingerprint density at radius 3 is 2.44 bits per heavy atom. The zero-order valence-corrected chi connectivity index (χ0v) is 19.1. The maximum atomic E-state index is 13.9. The summed E-state index contributed by atoms with van der Waals surface area (Å²) in [6.07, 6.45) is 4.29. The predicted molar refractivity (Wildman–Crippen MR) is 125 cm³/mol. The molecule has 1 heterocycles. The van der Waals surface area contributed by atoms with Gasteiger partial charge in [0.05, 0.1) is 17.4 Å². The summed E-state index contributed by atoms with van der Waals surface area (Å²) in [6.45, 7) is 4.09. The van der Waals surface area contributed by atoms with E-state index in [1.54, 1.807) is 26.3 Å². The molecule has 2 aliphatic rings. The number of aryl methyl sites for hydroxylation is 1. The lowest BCUT2D eigenvalue weighted by Gasteiger charge is -2.40. The standard InChI is InChI=1S/C26H29FN4O/c1-16-5-6-19(18-7-12-24(27)20(13-18)15-28)14-23(16)26(30-17(2)25(29-3)31-26)21-8-10-22(32-4)11-9-21/h5-7,12-14,21-22H,8-11H2,1-4H3,(H,29,31). The molecule has 1 fully saturated rings. The van der Waals surface area contributed by atoms with Gasteiger partial charge < -0.3 is 10.1 Å². The van der Waals surface area contributed by atoms with E-state index < -0.39 is 11.5 Å². The molecule has 0 aromatic heterocycles. The number of aliphatic imine (C=N–C) groups is 2. The number of ether oxygens (including phenoxy) is 1. The van der Waals surface area contributed by atoms with Crippen LogP contribution >= 0.6 is 0 Å². The number of hydrogen-bond donors (Lipinski definition) is 1. The lowest BCUT2D eigenvalue weighted by atomic mass is 9.74. The Kier molecular flexibility index (Phi) is 6.12. The molecule has 0 spiro atoms. The van der Waals surface area contributed by atoms with E-state index in [1.807, 2.05) is 19.1 Å². The second-order valence-electron chi connectivity index (χ2n) is 8.71. The van der Waals surface area contributed by atoms with Crippen LogP contribution in [0.25, 0.3) is 11.1 Å². The van der Waals surface area contributed by atoms with Crippen LogP contribution in [0.3, 0.4) is 0 Å². The van der Waals surface area contributed by atoms with Crippen molar-refractivity contribution in [3.8, 4) is 17.2 Å².